The lowest BCUT2D eigenvalue weighted by Crippen LogP contribution is -2.48. The molecule has 3 aromatic rings. The highest BCUT2D eigenvalue weighted by Crippen LogP contribution is 2.42. The lowest BCUT2D eigenvalue weighted by molar-refractivity contribution is -0.143. The van der Waals surface area contributed by atoms with Gasteiger partial charge in [-0.1, -0.05) is 48.5 Å². The number of para-hydroxylation sites is 1. The van der Waals surface area contributed by atoms with Crippen LogP contribution in [-0.2, 0) is 34.9 Å². The Labute approximate surface area is 222 Å². The topological polar surface area (TPSA) is 38.8 Å². The monoisotopic (exact) mass is 551 g/mol. The number of fused-ring (bicyclic) bond motifs is 1. The summed E-state index contributed by atoms with van der Waals surface area (Å²) in [6.07, 6.45) is -11.1. The molecule has 4 nitrogen and oxygen atoms in total. The van der Waals surface area contributed by atoms with Crippen LogP contribution in [0.3, 0.4) is 0 Å². The molecule has 1 aliphatic heterocycles. The van der Waals surface area contributed by atoms with E-state index in [4.69, 9.17) is 9.47 Å². The van der Waals surface area contributed by atoms with Gasteiger partial charge in [0.15, 0.2) is 0 Å². The molecule has 0 aliphatic carbocycles. The van der Waals surface area contributed by atoms with Crippen molar-refractivity contribution in [3.63, 3.8) is 0 Å². The van der Waals surface area contributed by atoms with Crippen molar-refractivity contribution in [1.29, 1.82) is 0 Å². The maximum Gasteiger partial charge on any atom is 0.416 e. The minimum absolute atomic E-state index is 0.0807. The van der Waals surface area contributed by atoms with Crippen molar-refractivity contribution in [2.75, 3.05) is 4.90 Å². The van der Waals surface area contributed by atoms with Crippen LogP contribution >= 0.6 is 0 Å². The highest BCUT2D eigenvalue weighted by atomic mass is 19.4. The van der Waals surface area contributed by atoms with Crippen LogP contribution in [0.1, 0.15) is 54.6 Å². The Balaban J connectivity index is 1.75. The first kappa shape index (κ1) is 28.5. The van der Waals surface area contributed by atoms with Crippen LogP contribution in [0, 0.1) is 0 Å². The van der Waals surface area contributed by atoms with Crippen LogP contribution in [0.25, 0.3) is 0 Å². The summed E-state index contributed by atoms with van der Waals surface area (Å²) in [7, 11) is 0. The number of hydrogen-bond donors (Lipinski definition) is 0. The minimum Gasteiger partial charge on any atom is -0.443 e. The molecular weight excluding hydrogens is 524 g/mol. The second kappa shape index (κ2) is 10.6. The summed E-state index contributed by atoms with van der Waals surface area (Å²) in [5, 5.41) is 0. The number of ether oxygens (including phenoxy) is 2. The van der Waals surface area contributed by atoms with Gasteiger partial charge in [0.05, 0.1) is 35.6 Å². The average Bonchev–Trinajstić information content (AvgIpc) is 2.84. The highest BCUT2D eigenvalue weighted by Gasteiger charge is 2.42. The number of nitrogens with zero attached hydrogens (tertiary/aromatic N) is 1. The molecule has 0 aromatic heterocycles. The van der Waals surface area contributed by atoms with Crippen LogP contribution in [0.2, 0.25) is 0 Å². The maximum absolute atomic E-state index is 13.5. The first-order valence-electron chi connectivity index (χ1n) is 12.2. The fourth-order valence-electron chi connectivity index (χ4n) is 4.56. The highest BCUT2D eigenvalue weighted by molar-refractivity contribution is 5.91. The van der Waals surface area contributed by atoms with E-state index in [1.165, 1.54) is 4.90 Å². The van der Waals surface area contributed by atoms with E-state index in [-0.39, 0.29) is 18.1 Å². The Bertz CT molecular complexity index is 1280. The van der Waals surface area contributed by atoms with E-state index in [0.29, 0.717) is 23.4 Å². The van der Waals surface area contributed by atoms with Gasteiger partial charge in [-0.3, -0.25) is 4.90 Å². The summed E-state index contributed by atoms with van der Waals surface area (Å²) in [6, 6.07) is 16.6. The van der Waals surface area contributed by atoms with Crippen molar-refractivity contribution in [1.82, 2.24) is 0 Å². The van der Waals surface area contributed by atoms with Crippen LogP contribution in [-0.4, -0.2) is 17.8 Å². The van der Waals surface area contributed by atoms with Crippen molar-refractivity contribution in [3.8, 4) is 0 Å². The minimum atomic E-state index is -4.97. The van der Waals surface area contributed by atoms with E-state index < -0.39 is 53.9 Å². The van der Waals surface area contributed by atoms with Gasteiger partial charge in [0.1, 0.15) is 5.60 Å². The Morgan fingerprint density at radius 2 is 1.41 bits per heavy atom. The number of carbonyl (C=O) groups excluding carboxylic acids is 1. The van der Waals surface area contributed by atoms with Crippen LogP contribution in [0.4, 0.5) is 36.8 Å². The predicted octanol–water partition coefficient (Wildman–Crippen LogP) is 8.35. The molecule has 208 valence electrons. The second-order valence-corrected chi connectivity index (χ2v) is 10.3. The van der Waals surface area contributed by atoms with Crippen molar-refractivity contribution in [2.45, 2.75) is 63.9 Å². The molecule has 39 heavy (non-hydrogen) atoms. The van der Waals surface area contributed by atoms with E-state index >= 15 is 0 Å². The second-order valence-electron chi connectivity index (χ2n) is 10.3. The predicted molar refractivity (Wildman–Crippen MR) is 133 cm³/mol. The molecule has 0 saturated carbocycles. The molecule has 0 fully saturated rings. The largest absolute Gasteiger partial charge is 0.443 e. The molecule has 0 saturated heterocycles. The average molecular weight is 552 g/mol. The van der Waals surface area contributed by atoms with Gasteiger partial charge in [-0.2, -0.15) is 26.3 Å². The molecule has 0 radical (unpaired) electrons. The van der Waals surface area contributed by atoms with Crippen molar-refractivity contribution in [3.05, 3.63) is 101 Å². The van der Waals surface area contributed by atoms with Gasteiger partial charge in [-0.05, 0) is 61.7 Å². The summed E-state index contributed by atoms with van der Waals surface area (Å²) in [5.74, 6) is 0. The van der Waals surface area contributed by atoms with Gasteiger partial charge in [0, 0.05) is 6.42 Å². The molecule has 1 aliphatic rings. The number of anilines is 1. The Hall–Kier alpha value is -3.53. The molecule has 4 rings (SSSR count). The molecule has 0 N–H and O–H groups in total. The zero-order valence-electron chi connectivity index (χ0n) is 21.4. The smallest absolute Gasteiger partial charge is 0.416 e. The van der Waals surface area contributed by atoms with Gasteiger partial charge in [-0.15, -0.1) is 0 Å². The van der Waals surface area contributed by atoms with E-state index in [1.54, 1.807) is 75.4 Å². The molecule has 1 amide bonds. The zero-order valence-corrected chi connectivity index (χ0v) is 21.4. The zero-order chi connectivity index (χ0) is 28.6. The maximum atomic E-state index is 13.5. The number of benzene rings is 3. The van der Waals surface area contributed by atoms with E-state index in [9.17, 15) is 31.1 Å². The van der Waals surface area contributed by atoms with E-state index in [0.717, 1.165) is 5.56 Å². The van der Waals surface area contributed by atoms with Gasteiger partial charge in [0.25, 0.3) is 0 Å². The van der Waals surface area contributed by atoms with Crippen LogP contribution in [0.5, 0.6) is 0 Å². The molecular formula is C29H27F6NO3. The van der Waals surface area contributed by atoms with Gasteiger partial charge in [0.2, 0.25) is 0 Å². The number of amides is 1. The molecule has 0 spiro atoms. The third kappa shape index (κ3) is 6.73. The number of rotatable bonds is 4. The molecule has 10 heteroatoms. The summed E-state index contributed by atoms with van der Waals surface area (Å²) >= 11 is 0. The Morgan fingerprint density at radius 3 is 1.97 bits per heavy atom. The molecule has 3 aromatic carbocycles. The fourth-order valence-corrected chi connectivity index (χ4v) is 4.56. The summed E-state index contributed by atoms with van der Waals surface area (Å²) in [6.45, 7) is 4.62. The summed E-state index contributed by atoms with van der Waals surface area (Å²) < 4.78 is 92.1. The number of carbonyl (C=O) groups is 1. The van der Waals surface area contributed by atoms with E-state index in [1.807, 2.05) is 0 Å². The molecule has 0 bridgehead atoms. The molecule has 1 heterocycles. The molecule has 2 atom stereocenters. The summed E-state index contributed by atoms with van der Waals surface area (Å²) in [5.41, 5.74) is -1.97. The van der Waals surface area contributed by atoms with E-state index in [2.05, 4.69) is 0 Å². The Kier molecular flexibility index (Phi) is 7.71. The van der Waals surface area contributed by atoms with Gasteiger partial charge in [-0.25, -0.2) is 4.79 Å². The fraction of sp³-hybridized carbons (Fsp3) is 0.345. The SMILES string of the molecule is CC(C)(C)OC(=O)N1c2ccccc2CC(OCc2cc(C(F)(F)F)cc(C(F)(F)F)c2)C1c1ccccc1. The first-order chi connectivity index (χ1) is 18.1. The number of alkyl halides is 6. The van der Waals surface area contributed by atoms with Crippen molar-refractivity contribution >= 4 is 11.8 Å². The first-order valence-corrected chi connectivity index (χ1v) is 12.2. The van der Waals surface area contributed by atoms with Gasteiger partial charge < -0.3 is 9.47 Å². The normalized spacial score (nSPS) is 18.0. The summed E-state index contributed by atoms with van der Waals surface area (Å²) in [4.78, 5) is 14.9. The lowest BCUT2D eigenvalue weighted by Gasteiger charge is -2.42. The van der Waals surface area contributed by atoms with Crippen LogP contribution in [0.15, 0.2) is 72.8 Å². The standard InChI is InChI=1S/C29H27F6NO3/c1-27(2,3)39-26(37)36-23-12-8-7-11-20(23)15-24(25(36)19-9-5-4-6-10-19)38-17-18-13-21(28(30,31)32)16-22(14-18)29(33,34)35/h4-14,16,24-25H,15,17H2,1-3H3. The van der Waals surface area contributed by atoms with Crippen LogP contribution < -0.4 is 4.90 Å². The number of halogens is 6. The third-order valence-corrected chi connectivity index (χ3v) is 6.15. The Morgan fingerprint density at radius 1 is 0.846 bits per heavy atom. The van der Waals surface area contributed by atoms with Crippen molar-refractivity contribution in [2.24, 2.45) is 0 Å². The van der Waals surface area contributed by atoms with Gasteiger partial charge >= 0.3 is 18.4 Å². The quantitative estimate of drug-likeness (QED) is 0.306. The van der Waals surface area contributed by atoms with Crippen molar-refractivity contribution < 1.29 is 40.6 Å². The lowest BCUT2D eigenvalue weighted by atomic mass is 9.89. The third-order valence-electron chi connectivity index (χ3n) is 6.15. The number of hydrogen-bond acceptors (Lipinski definition) is 3. The molecule has 2 unspecified atom stereocenters.